The average molecular weight is 305 g/mol. The van der Waals surface area contributed by atoms with Gasteiger partial charge in [-0.1, -0.05) is 12.1 Å². The summed E-state index contributed by atoms with van der Waals surface area (Å²) in [5, 5.41) is 10.6. The molecule has 1 heterocycles. The Morgan fingerprint density at radius 3 is 3.05 bits per heavy atom. The Balaban J connectivity index is 1.67. The Morgan fingerprint density at radius 2 is 2.27 bits per heavy atom. The number of benzene rings is 1. The van der Waals surface area contributed by atoms with Gasteiger partial charge in [-0.15, -0.1) is 0 Å². The van der Waals surface area contributed by atoms with Gasteiger partial charge in [0.05, 0.1) is 12.2 Å². The van der Waals surface area contributed by atoms with Gasteiger partial charge in [-0.3, -0.25) is 4.90 Å². The second kappa shape index (κ2) is 6.19. The molecule has 2 aliphatic rings. The molecule has 0 amide bonds. The van der Waals surface area contributed by atoms with E-state index < -0.39 is 5.60 Å². The molecule has 1 aromatic rings. The number of aryl methyl sites for hydroxylation is 1. The predicted octanol–water partition coefficient (Wildman–Crippen LogP) is 2.33. The number of hydrogen-bond acceptors (Lipinski definition) is 4. The summed E-state index contributed by atoms with van der Waals surface area (Å²) in [5.41, 5.74) is 1.39. The van der Waals surface area contributed by atoms with Crippen molar-refractivity contribution >= 4 is 0 Å². The lowest BCUT2D eigenvalue weighted by Gasteiger charge is -2.35. The minimum Gasteiger partial charge on any atom is -0.490 e. The summed E-state index contributed by atoms with van der Waals surface area (Å²) in [4.78, 5) is 2.42. The number of rotatable bonds is 4. The third kappa shape index (κ3) is 3.14. The van der Waals surface area contributed by atoms with Crippen LogP contribution in [0.4, 0.5) is 0 Å². The molecule has 0 saturated carbocycles. The van der Waals surface area contributed by atoms with Crippen LogP contribution >= 0.6 is 0 Å². The molecule has 1 N–H and O–H groups in total. The molecule has 122 valence electrons. The van der Waals surface area contributed by atoms with E-state index in [9.17, 15) is 5.11 Å². The number of hydrogen-bond donors (Lipinski definition) is 1. The van der Waals surface area contributed by atoms with Gasteiger partial charge in [-0.05, 0) is 45.2 Å². The zero-order chi connectivity index (χ0) is 15.7. The molecule has 22 heavy (non-hydrogen) atoms. The van der Waals surface area contributed by atoms with Crippen LogP contribution in [0.5, 0.6) is 5.75 Å². The minimum atomic E-state index is -0.774. The molecule has 1 aliphatic heterocycles. The second-order valence-corrected chi connectivity index (χ2v) is 6.96. The fraction of sp³-hybridized carbons (Fsp3) is 0.667. The number of nitrogens with zero attached hydrogens (tertiary/aromatic N) is 1. The highest BCUT2D eigenvalue weighted by atomic mass is 16.5. The van der Waals surface area contributed by atoms with Crippen molar-refractivity contribution in [2.24, 2.45) is 0 Å². The smallest absolute Gasteiger partial charge is 0.125 e. The Morgan fingerprint density at radius 1 is 1.45 bits per heavy atom. The van der Waals surface area contributed by atoms with E-state index in [4.69, 9.17) is 9.47 Å². The van der Waals surface area contributed by atoms with Gasteiger partial charge in [0.15, 0.2) is 0 Å². The standard InChI is InChI=1S/C18H27NO3/c1-13(2)19-9-10-21-15(11-19)12-22-16-6-4-5-14-7-8-18(3,20)17(14)16/h4-6,13,15,20H,7-12H2,1-3H3. The quantitative estimate of drug-likeness (QED) is 0.927. The van der Waals surface area contributed by atoms with Crippen LogP contribution in [0.25, 0.3) is 0 Å². The minimum absolute atomic E-state index is 0.0957. The van der Waals surface area contributed by atoms with Gasteiger partial charge in [0.25, 0.3) is 0 Å². The second-order valence-electron chi connectivity index (χ2n) is 6.96. The highest BCUT2D eigenvalue weighted by molar-refractivity contribution is 5.47. The highest BCUT2D eigenvalue weighted by Crippen LogP contribution is 2.42. The SMILES string of the molecule is CC(C)N1CCOC(COc2cccc3c2C(C)(O)CC3)C1. The third-order valence-corrected chi connectivity index (χ3v) is 4.86. The van der Waals surface area contributed by atoms with Crippen LogP contribution in [0.2, 0.25) is 0 Å². The van der Waals surface area contributed by atoms with E-state index in [-0.39, 0.29) is 6.10 Å². The molecule has 0 spiro atoms. The van der Waals surface area contributed by atoms with E-state index in [0.29, 0.717) is 12.6 Å². The lowest BCUT2D eigenvalue weighted by Crippen LogP contribution is -2.47. The zero-order valence-electron chi connectivity index (χ0n) is 13.8. The van der Waals surface area contributed by atoms with Crippen LogP contribution in [-0.2, 0) is 16.8 Å². The molecule has 0 aromatic heterocycles. The maximum absolute atomic E-state index is 10.6. The van der Waals surface area contributed by atoms with Crippen molar-refractivity contribution in [2.45, 2.75) is 51.4 Å². The Labute approximate surface area is 133 Å². The topological polar surface area (TPSA) is 41.9 Å². The van der Waals surface area contributed by atoms with Gasteiger partial charge in [-0.25, -0.2) is 0 Å². The van der Waals surface area contributed by atoms with Crippen molar-refractivity contribution in [1.29, 1.82) is 0 Å². The Bertz CT molecular complexity index is 527. The number of aliphatic hydroxyl groups is 1. The first kappa shape index (κ1) is 15.8. The molecule has 0 bridgehead atoms. The number of fused-ring (bicyclic) bond motifs is 1. The third-order valence-electron chi connectivity index (χ3n) is 4.86. The summed E-state index contributed by atoms with van der Waals surface area (Å²) >= 11 is 0. The maximum Gasteiger partial charge on any atom is 0.125 e. The van der Waals surface area contributed by atoms with E-state index in [1.807, 2.05) is 19.1 Å². The molecular weight excluding hydrogens is 278 g/mol. The monoisotopic (exact) mass is 305 g/mol. The van der Waals surface area contributed by atoms with Crippen molar-refractivity contribution < 1.29 is 14.6 Å². The molecule has 0 radical (unpaired) electrons. The lowest BCUT2D eigenvalue weighted by molar-refractivity contribution is -0.0571. The average Bonchev–Trinajstić information content (AvgIpc) is 2.82. The molecule has 1 aromatic carbocycles. The molecule has 1 aliphatic carbocycles. The van der Waals surface area contributed by atoms with E-state index in [1.165, 1.54) is 5.56 Å². The summed E-state index contributed by atoms with van der Waals surface area (Å²) in [6, 6.07) is 6.59. The van der Waals surface area contributed by atoms with Crippen LogP contribution in [0, 0.1) is 0 Å². The Kier molecular flexibility index (Phi) is 4.44. The molecule has 2 unspecified atom stereocenters. The Hall–Kier alpha value is -1.10. The fourth-order valence-corrected chi connectivity index (χ4v) is 3.51. The van der Waals surface area contributed by atoms with E-state index in [1.54, 1.807) is 0 Å². The van der Waals surface area contributed by atoms with E-state index >= 15 is 0 Å². The van der Waals surface area contributed by atoms with Crippen LogP contribution in [0.1, 0.15) is 38.3 Å². The summed E-state index contributed by atoms with van der Waals surface area (Å²) < 4.78 is 11.9. The fourth-order valence-electron chi connectivity index (χ4n) is 3.51. The first-order chi connectivity index (χ1) is 10.5. The molecule has 4 heteroatoms. The van der Waals surface area contributed by atoms with Crippen molar-refractivity contribution in [3.63, 3.8) is 0 Å². The molecular formula is C18H27NO3. The van der Waals surface area contributed by atoms with Crippen molar-refractivity contribution in [1.82, 2.24) is 4.90 Å². The van der Waals surface area contributed by atoms with Crippen molar-refractivity contribution in [2.75, 3.05) is 26.3 Å². The van der Waals surface area contributed by atoms with Gasteiger partial charge >= 0.3 is 0 Å². The first-order valence-corrected chi connectivity index (χ1v) is 8.30. The van der Waals surface area contributed by atoms with E-state index in [0.717, 1.165) is 43.9 Å². The summed E-state index contributed by atoms with van der Waals surface area (Å²) in [7, 11) is 0. The van der Waals surface area contributed by atoms with E-state index in [2.05, 4.69) is 24.8 Å². The number of morpholine rings is 1. The zero-order valence-corrected chi connectivity index (χ0v) is 13.8. The van der Waals surface area contributed by atoms with Gasteiger partial charge in [0.1, 0.15) is 18.5 Å². The van der Waals surface area contributed by atoms with Crippen LogP contribution in [0.15, 0.2) is 18.2 Å². The molecule has 1 saturated heterocycles. The van der Waals surface area contributed by atoms with Crippen LogP contribution in [0.3, 0.4) is 0 Å². The first-order valence-electron chi connectivity index (χ1n) is 8.30. The van der Waals surface area contributed by atoms with Gasteiger partial charge in [0.2, 0.25) is 0 Å². The summed E-state index contributed by atoms with van der Waals surface area (Å²) in [6.45, 7) is 9.50. The maximum atomic E-state index is 10.6. The molecule has 1 fully saturated rings. The van der Waals surface area contributed by atoms with Gasteiger partial charge in [-0.2, -0.15) is 0 Å². The van der Waals surface area contributed by atoms with Gasteiger partial charge in [0, 0.05) is 24.7 Å². The van der Waals surface area contributed by atoms with Crippen LogP contribution in [-0.4, -0.2) is 48.5 Å². The number of ether oxygens (including phenoxy) is 2. The highest BCUT2D eigenvalue weighted by Gasteiger charge is 2.35. The summed E-state index contributed by atoms with van der Waals surface area (Å²) in [6.07, 6.45) is 1.78. The molecule has 4 nitrogen and oxygen atoms in total. The largest absolute Gasteiger partial charge is 0.490 e. The molecule has 2 atom stereocenters. The predicted molar refractivity (Wildman–Crippen MR) is 86.3 cm³/mol. The van der Waals surface area contributed by atoms with Crippen molar-refractivity contribution in [3.05, 3.63) is 29.3 Å². The molecule has 3 rings (SSSR count). The van der Waals surface area contributed by atoms with Gasteiger partial charge < -0.3 is 14.6 Å². The van der Waals surface area contributed by atoms with Crippen molar-refractivity contribution in [3.8, 4) is 5.75 Å². The van der Waals surface area contributed by atoms with Crippen LogP contribution < -0.4 is 4.74 Å². The lowest BCUT2D eigenvalue weighted by atomic mass is 9.97. The summed E-state index contributed by atoms with van der Waals surface area (Å²) in [5.74, 6) is 0.810. The normalized spacial score (nSPS) is 28.9.